The van der Waals surface area contributed by atoms with Crippen LogP contribution in [0.25, 0.3) is 0 Å². The molecule has 1 rings (SSSR count). The molecule has 1 aromatic carbocycles. The Labute approximate surface area is 97.9 Å². The Morgan fingerprint density at radius 3 is 2.00 bits per heavy atom. The minimum atomic E-state index is -3.72. The highest BCUT2D eigenvalue weighted by molar-refractivity contribution is 8.31. The fraction of sp³-hybridized carbons (Fsp3) is 0.111. The van der Waals surface area contributed by atoms with Crippen molar-refractivity contribution in [2.75, 3.05) is 0 Å². The average molecular weight is 269 g/mol. The number of hydrogen-bond donors (Lipinski definition) is 1. The summed E-state index contributed by atoms with van der Waals surface area (Å²) in [5.41, 5.74) is 1.17. The number of phenols is 1. The number of halogens is 2. The molecule has 1 N–H and O–H groups in total. The maximum atomic E-state index is 9.16. The number of phenolic OH excluding ortho intramolecular Hbond substituents is 1. The highest BCUT2D eigenvalue weighted by Gasteiger charge is 1.89. The standard InChI is InChI=1S/C9H10O.Cl2O2S/c1-2-3-8-4-6-9(10)7-5-8;1-5(2,3)4/h2,4-7,10H,1,3H2;. The lowest BCUT2D eigenvalue weighted by Gasteiger charge is -1.94. The van der Waals surface area contributed by atoms with Crippen LogP contribution in [-0.4, -0.2) is 13.5 Å². The summed E-state index contributed by atoms with van der Waals surface area (Å²) in [6.45, 7) is 3.62. The first-order valence-corrected chi connectivity index (χ1v) is 6.99. The van der Waals surface area contributed by atoms with Gasteiger partial charge in [0.05, 0.1) is 0 Å². The van der Waals surface area contributed by atoms with Crippen LogP contribution < -0.4 is 0 Å². The molecule has 1 aromatic rings. The third-order valence-electron chi connectivity index (χ3n) is 1.32. The van der Waals surface area contributed by atoms with Crippen LogP contribution in [0, 0.1) is 0 Å². The Hall–Kier alpha value is -0.710. The van der Waals surface area contributed by atoms with Gasteiger partial charge in [-0.3, -0.25) is 0 Å². The van der Waals surface area contributed by atoms with Crippen LogP contribution in [0.3, 0.4) is 0 Å². The van der Waals surface area contributed by atoms with Crippen LogP contribution in [0.5, 0.6) is 5.75 Å². The van der Waals surface area contributed by atoms with Crippen molar-refractivity contribution in [3.63, 3.8) is 0 Å². The summed E-state index contributed by atoms with van der Waals surface area (Å²) in [6.07, 6.45) is 2.70. The topological polar surface area (TPSA) is 54.4 Å². The van der Waals surface area contributed by atoms with Gasteiger partial charge >= 0.3 is 8.26 Å². The van der Waals surface area contributed by atoms with Gasteiger partial charge in [0.15, 0.2) is 0 Å². The van der Waals surface area contributed by atoms with E-state index < -0.39 is 8.26 Å². The lowest BCUT2D eigenvalue weighted by atomic mass is 10.1. The fourth-order valence-corrected chi connectivity index (χ4v) is 0.799. The molecule has 0 atom stereocenters. The van der Waals surface area contributed by atoms with Gasteiger partial charge in [-0.1, -0.05) is 18.2 Å². The van der Waals surface area contributed by atoms with Crippen molar-refractivity contribution in [1.82, 2.24) is 0 Å². The summed E-state index contributed by atoms with van der Waals surface area (Å²) < 4.78 is 18.3. The van der Waals surface area contributed by atoms with E-state index in [0.717, 1.165) is 6.42 Å². The molecule has 3 nitrogen and oxygen atoms in total. The Bertz CT molecular complexity index is 390. The summed E-state index contributed by atoms with van der Waals surface area (Å²) in [4.78, 5) is 0. The van der Waals surface area contributed by atoms with Gasteiger partial charge in [-0.15, -0.1) is 6.58 Å². The fourth-order valence-electron chi connectivity index (χ4n) is 0.799. The van der Waals surface area contributed by atoms with Crippen LogP contribution in [0.4, 0.5) is 0 Å². The summed E-state index contributed by atoms with van der Waals surface area (Å²) in [5, 5.41) is 8.90. The maximum Gasteiger partial charge on any atom is 0.317 e. The van der Waals surface area contributed by atoms with Crippen molar-refractivity contribution in [2.45, 2.75) is 6.42 Å². The summed E-state index contributed by atoms with van der Waals surface area (Å²) in [5.74, 6) is 0.313. The van der Waals surface area contributed by atoms with E-state index >= 15 is 0 Å². The van der Waals surface area contributed by atoms with Crippen LogP contribution in [0.15, 0.2) is 36.9 Å². The molecule has 0 aliphatic heterocycles. The molecule has 0 heterocycles. The second-order valence-electron chi connectivity index (χ2n) is 2.54. The van der Waals surface area contributed by atoms with Crippen molar-refractivity contribution in [2.24, 2.45) is 0 Å². The molecule has 0 aromatic heterocycles. The normalized spacial score (nSPS) is 10.0. The first-order chi connectivity index (χ1) is 6.83. The maximum absolute atomic E-state index is 9.16. The van der Waals surface area contributed by atoms with Gasteiger partial charge in [-0.25, -0.2) is 0 Å². The number of allylic oxidation sites excluding steroid dienone is 1. The van der Waals surface area contributed by atoms with Crippen LogP contribution in [-0.2, 0) is 14.7 Å². The van der Waals surface area contributed by atoms with Crippen molar-refractivity contribution in [3.8, 4) is 5.75 Å². The first kappa shape index (κ1) is 14.3. The van der Waals surface area contributed by atoms with E-state index in [0.29, 0.717) is 5.75 Å². The molecule has 84 valence electrons. The number of hydrogen-bond acceptors (Lipinski definition) is 3. The molecule has 15 heavy (non-hydrogen) atoms. The van der Waals surface area contributed by atoms with Gasteiger partial charge in [0, 0.05) is 21.4 Å². The Kier molecular flexibility index (Phi) is 6.40. The monoisotopic (exact) mass is 268 g/mol. The van der Waals surface area contributed by atoms with Crippen molar-refractivity contribution in [1.29, 1.82) is 0 Å². The second kappa shape index (κ2) is 6.71. The Morgan fingerprint density at radius 1 is 1.27 bits per heavy atom. The molecule has 0 amide bonds. The molecular formula is C9H10Cl2O3S. The van der Waals surface area contributed by atoms with Gasteiger partial charge in [0.25, 0.3) is 0 Å². The molecule has 6 heteroatoms. The third kappa shape index (κ3) is 11.2. The van der Waals surface area contributed by atoms with E-state index in [9.17, 15) is 0 Å². The van der Waals surface area contributed by atoms with Crippen molar-refractivity contribution < 1.29 is 13.5 Å². The molecular weight excluding hydrogens is 259 g/mol. The molecule has 0 spiro atoms. The summed E-state index contributed by atoms with van der Waals surface area (Å²) in [7, 11) is 4.81. The highest BCUT2D eigenvalue weighted by atomic mass is 36.0. The molecule has 0 saturated carbocycles. The average Bonchev–Trinajstić information content (AvgIpc) is 2.06. The van der Waals surface area contributed by atoms with E-state index in [1.54, 1.807) is 12.1 Å². The van der Waals surface area contributed by atoms with E-state index in [1.165, 1.54) is 5.56 Å². The van der Waals surface area contributed by atoms with E-state index in [4.69, 9.17) is 13.5 Å². The zero-order chi connectivity index (χ0) is 11.9. The van der Waals surface area contributed by atoms with E-state index in [1.807, 2.05) is 18.2 Å². The predicted octanol–water partition coefficient (Wildman–Crippen LogP) is 2.83. The Morgan fingerprint density at radius 2 is 1.67 bits per heavy atom. The minimum Gasteiger partial charge on any atom is -0.508 e. The molecule has 0 saturated heterocycles. The van der Waals surface area contributed by atoms with Gasteiger partial charge in [-0.2, -0.15) is 8.42 Å². The number of benzene rings is 1. The van der Waals surface area contributed by atoms with Crippen LogP contribution >= 0.6 is 21.4 Å². The molecule has 0 aliphatic rings. The lowest BCUT2D eigenvalue weighted by molar-refractivity contribution is 0.475. The van der Waals surface area contributed by atoms with Crippen molar-refractivity contribution in [3.05, 3.63) is 42.5 Å². The lowest BCUT2D eigenvalue weighted by Crippen LogP contribution is -1.77. The van der Waals surface area contributed by atoms with E-state index in [2.05, 4.69) is 27.9 Å². The largest absolute Gasteiger partial charge is 0.508 e. The molecule has 0 aliphatic carbocycles. The first-order valence-electron chi connectivity index (χ1n) is 3.86. The van der Waals surface area contributed by atoms with Crippen molar-refractivity contribution >= 4 is 29.6 Å². The molecule has 0 radical (unpaired) electrons. The SMILES string of the molecule is C=CCc1ccc(O)cc1.O=S(=O)(Cl)Cl. The van der Waals surface area contributed by atoms with Gasteiger partial charge < -0.3 is 5.11 Å². The van der Waals surface area contributed by atoms with Gasteiger partial charge in [0.1, 0.15) is 5.75 Å². The zero-order valence-corrected chi connectivity index (χ0v) is 10.1. The molecule has 0 fully saturated rings. The predicted molar refractivity (Wildman–Crippen MR) is 62.6 cm³/mol. The molecule has 0 unspecified atom stereocenters. The van der Waals surface area contributed by atoms with E-state index in [-0.39, 0.29) is 0 Å². The zero-order valence-electron chi connectivity index (χ0n) is 7.73. The van der Waals surface area contributed by atoms with Crippen LogP contribution in [0.1, 0.15) is 5.56 Å². The second-order valence-corrected chi connectivity index (χ2v) is 6.21. The Balaban J connectivity index is 0.000000336. The number of aromatic hydroxyl groups is 1. The quantitative estimate of drug-likeness (QED) is 0.663. The smallest absolute Gasteiger partial charge is 0.317 e. The van der Waals surface area contributed by atoms with Gasteiger partial charge in [0.2, 0.25) is 0 Å². The highest BCUT2D eigenvalue weighted by Crippen LogP contribution is 2.09. The summed E-state index contributed by atoms with van der Waals surface area (Å²) >= 11 is 0. The molecule has 0 bridgehead atoms. The third-order valence-corrected chi connectivity index (χ3v) is 1.32. The van der Waals surface area contributed by atoms with Crippen LogP contribution in [0.2, 0.25) is 0 Å². The van der Waals surface area contributed by atoms with Gasteiger partial charge in [-0.05, 0) is 24.1 Å². The minimum absolute atomic E-state index is 0.313. The number of rotatable bonds is 2. The summed E-state index contributed by atoms with van der Waals surface area (Å²) in [6, 6.07) is 7.13.